The Kier molecular flexibility index (Phi) is 4.46. The van der Waals surface area contributed by atoms with Crippen LogP contribution in [-0.4, -0.2) is 18.8 Å². The lowest BCUT2D eigenvalue weighted by Gasteiger charge is -2.10. The fourth-order valence-corrected chi connectivity index (χ4v) is 2.32. The Morgan fingerprint density at radius 2 is 1.84 bits per heavy atom. The number of benzene rings is 2. The third-order valence-electron chi connectivity index (χ3n) is 2.98. The summed E-state index contributed by atoms with van der Waals surface area (Å²) in [5.41, 5.74) is 4.31. The molecule has 0 fully saturated rings. The largest absolute Gasteiger partial charge is 0.383 e. The number of hydrogen-bond donors (Lipinski definition) is 1. The van der Waals surface area contributed by atoms with E-state index in [-0.39, 0.29) is 12.4 Å². The summed E-state index contributed by atoms with van der Waals surface area (Å²) < 4.78 is 0. The molecule has 0 aliphatic carbocycles. The molecule has 0 unspecified atom stereocenters. The minimum atomic E-state index is 0. The molecule has 0 spiro atoms. The van der Waals surface area contributed by atoms with E-state index in [0.717, 1.165) is 40.6 Å². The fourth-order valence-electron chi connectivity index (χ4n) is 2.15. The predicted molar refractivity (Wildman–Crippen MR) is 84.1 cm³/mol. The normalized spacial score (nSPS) is 13.4. The highest BCUT2D eigenvalue weighted by Gasteiger charge is 2.14. The van der Waals surface area contributed by atoms with Crippen LogP contribution in [0.1, 0.15) is 11.1 Å². The Morgan fingerprint density at radius 1 is 1.05 bits per heavy atom. The second kappa shape index (κ2) is 6.09. The second-order valence-corrected chi connectivity index (χ2v) is 4.65. The zero-order valence-electron chi connectivity index (χ0n) is 10.3. The summed E-state index contributed by atoms with van der Waals surface area (Å²) in [5, 5.41) is 4.12. The van der Waals surface area contributed by atoms with E-state index in [2.05, 4.69) is 22.4 Å². The number of hydrogen-bond acceptors (Lipinski definition) is 2. The van der Waals surface area contributed by atoms with Crippen molar-refractivity contribution in [2.45, 2.75) is 0 Å². The minimum absolute atomic E-state index is 0. The first kappa shape index (κ1) is 13.9. The molecule has 2 aromatic carbocycles. The number of benzodiazepines with no additional fused rings is 1. The maximum Gasteiger partial charge on any atom is 0.0740 e. The van der Waals surface area contributed by atoms with Crippen molar-refractivity contribution in [3.05, 3.63) is 64.7 Å². The first-order valence-corrected chi connectivity index (χ1v) is 6.36. The van der Waals surface area contributed by atoms with Gasteiger partial charge < -0.3 is 5.32 Å². The maximum absolute atomic E-state index is 6.10. The zero-order chi connectivity index (χ0) is 12.4. The molecule has 0 radical (unpaired) electrons. The number of halogens is 2. The molecule has 2 nitrogen and oxygen atoms in total. The molecular weight excluding hydrogens is 279 g/mol. The summed E-state index contributed by atoms with van der Waals surface area (Å²) >= 11 is 6.10. The van der Waals surface area contributed by atoms with E-state index in [0.29, 0.717) is 0 Å². The van der Waals surface area contributed by atoms with Crippen molar-refractivity contribution in [2.75, 3.05) is 18.4 Å². The van der Waals surface area contributed by atoms with Crippen LogP contribution in [0.15, 0.2) is 53.5 Å². The van der Waals surface area contributed by atoms with Crippen LogP contribution in [0.3, 0.4) is 0 Å². The zero-order valence-corrected chi connectivity index (χ0v) is 11.8. The highest BCUT2D eigenvalue weighted by molar-refractivity contribution is 6.31. The van der Waals surface area contributed by atoms with Gasteiger partial charge >= 0.3 is 0 Å². The van der Waals surface area contributed by atoms with Crippen LogP contribution in [0.2, 0.25) is 5.02 Å². The molecule has 0 saturated heterocycles. The van der Waals surface area contributed by atoms with Gasteiger partial charge in [0.2, 0.25) is 0 Å². The Hall–Kier alpha value is -1.51. The Morgan fingerprint density at radius 3 is 2.63 bits per heavy atom. The van der Waals surface area contributed by atoms with Crippen molar-refractivity contribution in [3.8, 4) is 0 Å². The molecule has 98 valence electrons. The van der Waals surface area contributed by atoms with Gasteiger partial charge in [-0.1, -0.05) is 41.9 Å². The van der Waals surface area contributed by atoms with Gasteiger partial charge in [0.25, 0.3) is 0 Å². The first-order chi connectivity index (χ1) is 8.84. The third kappa shape index (κ3) is 2.91. The highest BCUT2D eigenvalue weighted by atomic mass is 35.5. The number of fused-ring (bicyclic) bond motifs is 1. The van der Waals surface area contributed by atoms with Gasteiger partial charge in [0.1, 0.15) is 0 Å². The van der Waals surface area contributed by atoms with E-state index < -0.39 is 0 Å². The van der Waals surface area contributed by atoms with E-state index in [1.54, 1.807) is 0 Å². The summed E-state index contributed by atoms with van der Waals surface area (Å²) in [7, 11) is 0. The minimum Gasteiger partial charge on any atom is -0.383 e. The van der Waals surface area contributed by atoms with Crippen molar-refractivity contribution in [3.63, 3.8) is 0 Å². The summed E-state index contributed by atoms with van der Waals surface area (Å²) in [6.45, 7) is 1.63. The Bertz CT molecular complexity index is 594. The average molecular weight is 293 g/mol. The highest BCUT2D eigenvalue weighted by Crippen LogP contribution is 2.25. The van der Waals surface area contributed by atoms with E-state index in [1.807, 2.05) is 36.4 Å². The number of rotatable bonds is 1. The van der Waals surface area contributed by atoms with Crippen molar-refractivity contribution in [1.29, 1.82) is 0 Å². The lowest BCUT2D eigenvalue weighted by molar-refractivity contribution is 1.04. The number of aliphatic imine (C=N–C) groups is 1. The fraction of sp³-hybridized carbons (Fsp3) is 0.133. The van der Waals surface area contributed by atoms with E-state index in [9.17, 15) is 0 Å². The summed E-state index contributed by atoms with van der Waals surface area (Å²) in [6, 6.07) is 16.1. The van der Waals surface area contributed by atoms with E-state index in [1.165, 1.54) is 0 Å². The van der Waals surface area contributed by atoms with Gasteiger partial charge in [-0.2, -0.15) is 0 Å². The standard InChI is InChI=1S/C15H13ClN2.ClH/c16-12-6-7-14-13(10-12)15(18-9-8-17-14)11-4-2-1-3-5-11;/h1-7,10,17H,8-9H2;1H. The van der Waals surface area contributed by atoms with Crippen LogP contribution in [0, 0.1) is 0 Å². The van der Waals surface area contributed by atoms with Gasteiger partial charge in [-0.15, -0.1) is 12.4 Å². The van der Waals surface area contributed by atoms with Crippen LogP contribution in [0.4, 0.5) is 5.69 Å². The molecule has 0 atom stereocenters. The van der Waals surface area contributed by atoms with Crippen molar-refractivity contribution in [1.82, 2.24) is 0 Å². The quantitative estimate of drug-likeness (QED) is 0.843. The number of nitrogens with zero attached hydrogens (tertiary/aromatic N) is 1. The maximum atomic E-state index is 6.10. The lowest BCUT2D eigenvalue weighted by Crippen LogP contribution is -2.05. The topological polar surface area (TPSA) is 24.4 Å². The van der Waals surface area contributed by atoms with Crippen LogP contribution >= 0.6 is 24.0 Å². The van der Waals surface area contributed by atoms with Crippen LogP contribution in [0.25, 0.3) is 0 Å². The molecule has 0 amide bonds. The molecule has 2 aromatic rings. The number of anilines is 1. The van der Waals surface area contributed by atoms with Gasteiger partial charge in [0.15, 0.2) is 0 Å². The average Bonchev–Trinajstić information content (AvgIpc) is 2.61. The van der Waals surface area contributed by atoms with Crippen molar-refractivity contribution >= 4 is 35.4 Å². The molecule has 0 aromatic heterocycles. The summed E-state index contributed by atoms with van der Waals surface area (Å²) in [6.07, 6.45) is 0. The monoisotopic (exact) mass is 292 g/mol. The van der Waals surface area contributed by atoms with Gasteiger partial charge in [0.05, 0.1) is 12.3 Å². The SMILES string of the molecule is Cl.Clc1ccc2c(c1)C(c1ccccc1)=NCCN2. The second-order valence-electron chi connectivity index (χ2n) is 4.21. The molecule has 19 heavy (non-hydrogen) atoms. The molecule has 4 heteroatoms. The van der Waals surface area contributed by atoms with Crippen LogP contribution < -0.4 is 5.32 Å². The lowest BCUT2D eigenvalue weighted by atomic mass is 10.0. The van der Waals surface area contributed by atoms with Crippen LogP contribution in [0.5, 0.6) is 0 Å². The molecule has 3 rings (SSSR count). The smallest absolute Gasteiger partial charge is 0.0740 e. The van der Waals surface area contributed by atoms with E-state index in [4.69, 9.17) is 11.6 Å². The molecule has 1 N–H and O–H groups in total. The van der Waals surface area contributed by atoms with Gasteiger partial charge in [-0.3, -0.25) is 4.99 Å². The Balaban J connectivity index is 0.00000133. The molecule has 0 bridgehead atoms. The molecular formula is C15H14Cl2N2. The molecule has 1 aliphatic rings. The molecule has 0 saturated carbocycles. The van der Waals surface area contributed by atoms with Crippen LogP contribution in [-0.2, 0) is 0 Å². The van der Waals surface area contributed by atoms with Gasteiger partial charge in [0, 0.05) is 28.4 Å². The first-order valence-electron chi connectivity index (χ1n) is 5.98. The van der Waals surface area contributed by atoms with Crippen molar-refractivity contribution in [2.24, 2.45) is 4.99 Å². The van der Waals surface area contributed by atoms with Gasteiger partial charge in [-0.05, 0) is 18.2 Å². The predicted octanol–water partition coefficient (Wildman–Crippen LogP) is 4.02. The van der Waals surface area contributed by atoms with Crippen molar-refractivity contribution < 1.29 is 0 Å². The summed E-state index contributed by atoms with van der Waals surface area (Å²) in [5.74, 6) is 0. The third-order valence-corrected chi connectivity index (χ3v) is 3.22. The summed E-state index contributed by atoms with van der Waals surface area (Å²) in [4.78, 5) is 4.67. The van der Waals surface area contributed by atoms with E-state index >= 15 is 0 Å². The molecule has 1 aliphatic heterocycles. The van der Waals surface area contributed by atoms with Gasteiger partial charge in [-0.25, -0.2) is 0 Å². The Labute approximate surface area is 123 Å². The molecule has 1 heterocycles. The number of nitrogens with one attached hydrogen (secondary N) is 1.